The lowest BCUT2D eigenvalue weighted by Crippen LogP contribution is -2.38. The van der Waals surface area contributed by atoms with Crippen molar-refractivity contribution in [3.05, 3.63) is 53.7 Å². The van der Waals surface area contributed by atoms with Gasteiger partial charge in [-0.25, -0.2) is 13.4 Å². The summed E-state index contributed by atoms with van der Waals surface area (Å²) >= 11 is 0. The van der Waals surface area contributed by atoms with Crippen molar-refractivity contribution in [3.63, 3.8) is 0 Å². The van der Waals surface area contributed by atoms with E-state index < -0.39 is 10.0 Å². The molecule has 7 heteroatoms. The van der Waals surface area contributed by atoms with Crippen molar-refractivity contribution >= 4 is 15.8 Å². The first-order valence-corrected chi connectivity index (χ1v) is 10.5. The third-order valence-electron chi connectivity index (χ3n) is 5.23. The van der Waals surface area contributed by atoms with Crippen molar-refractivity contribution in [2.45, 2.75) is 36.7 Å². The first kappa shape index (κ1) is 17.5. The standard InChI is InChI=1S/C19H24N4O2S/c20-18-14-22(13-15-6-2-3-7-17(15)18)19-9-8-16(12-21-19)26(24,25)23-10-4-1-5-11-23/h2-3,6-9,12,18H,1,4-5,10-11,13-14,20H2. The van der Waals surface area contributed by atoms with Gasteiger partial charge in [0.05, 0.1) is 0 Å². The lowest BCUT2D eigenvalue weighted by molar-refractivity contribution is 0.346. The van der Waals surface area contributed by atoms with E-state index in [1.165, 1.54) is 17.3 Å². The summed E-state index contributed by atoms with van der Waals surface area (Å²) in [4.78, 5) is 6.81. The number of fused-ring (bicyclic) bond motifs is 1. The molecule has 0 radical (unpaired) electrons. The average Bonchev–Trinajstić information content (AvgIpc) is 2.69. The van der Waals surface area contributed by atoms with Crippen LogP contribution < -0.4 is 10.6 Å². The molecule has 1 atom stereocenters. The second-order valence-corrected chi connectivity index (χ2v) is 8.94. The number of hydrogen-bond donors (Lipinski definition) is 1. The zero-order valence-corrected chi connectivity index (χ0v) is 15.5. The Bertz CT molecular complexity index is 877. The highest BCUT2D eigenvalue weighted by Gasteiger charge is 2.27. The number of pyridine rings is 1. The van der Waals surface area contributed by atoms with Crippen LogP contribution in [0.25, 0.3) is 0 Å². The minimum absolute atomic E-state index is 0.0708. The Kier molecular flexibility index (Phi) is 4.69. The number of aromatic nitrogens is 1. The summed E-state index contributed by atoms with van der Waals surface area (Å²) in [5, 5.41) is 0. The van der Waals surface area contributed by atoms with Crippen LogP contribution in [-0.2, 0) is 16.6 Å². The topological polar surface area (TPSA) is 79.5 Å². The van der Waals surface area contributed by atoms with E-state index >= 15 is 0 Å². The number of rotatable bonds is 3. The second kappa shape index (κ2) is 6.98. The predicted molar refractivity (Wildman–Crippen MR) is 101 cm³/mol. The SMILES string of the molecule is NC1CN(c2ccc(S(=O)(=O)N3CCCCC3)cn2)Cc2ccccc21. The molecule has 26 heavy (non-hydrogen) atoms. The molecule has 6 nitrogen and oxygen atoms in total. The molecule has 2 aliphatic rings. The fourth-order valence-corrected chi connectivity index (χ4v) is 5.25. The Balaban J connectivity index is 1.55. The second-order valence-electron chi connectivity index (χ2n) is 7.00. The van der Waals surface area contributed by atoms with E-state index in [1.54, 1.807) is 16.4 Å². The number of nitrogens with two attached hydrogens (primary N) is 1. The fraction of sp³-hybridized carbons (Fsp3) is 0.421. The van der Waals surface area contributed by atoms with Crippen LogP contribution in [0.1, 0.15) is 36.4 Å². The molecule has 0 bridgehead atoms. The van der Waals surface area contributed by atoms with Crippen molar-refractivity contribution in [1.82, 2.24) is 9.29 Å². The number of hydrogen-bond acceptors (Lipinski definition) is 5. The highest BCUT2D eigenvalue weighted by atomic mass is 32.2. The molecule has 2 aromatic rings. The van der Waals surface area contributed by atoms with Crippen molar-refractivity contribution in [2.24, 2.45) is 5.73 Å². The first-order chi connectivity index (χ1) is 12.6. The van der Waals surface area contributed by atoms with E-state index in [2.05, 4.69) is 22.0 Å². The van der Waals surface area contributed by atoms with Crippen LogP contribution in [0.15, 0.2) is 47.5 Å². The van der Waals surface area contributed by atoms with Gasteiger partial charge in [0.25, 0.3) is 0 Å². The molecule has 1 unspecified atom stereocenters. The molecule has 1 aromatic carbocycles. The Hall–Kier alpha value is -1.96. The van der Waals surface area contributed by atoms with E-state index in [9.17, 15) is 8.42 Å². The average molecular weight is 372 g/mol. The zero-order chi connectivity index (χ0) is 18.1. The summed E-state index contributed by atoms with van der Waals surface area (Å²) in [6, 6.07) is 11.5. The smallest absolute Gasteiger partial charge is 0.244 e. The van der Waals surface area contributed by atoms with E-state index in [0.717, 1.165) is 31.6 Å². The minimum atomic E-state index is -3.44. The maximum atomic E-state index is 12.7. The summed E-state index contributed by atoms with van der Waals surface area (Å²) in [6.45, 7) is 2.60. The molecule has 0 amide bonds. The van der Waals surface area contributed by atoms with Gasteiger partial charge in [-0.1, -0.05) is 30.7 Å². The van der Waals surface area contributed by atoms with Gasteiger partial charge >= 0.3 is 0 Å². The van der Waals surface area contributed by atoms with Crippen LogP contribution >= 0.6 is 0 Å². The van der Waals surface area contributed by atoms with Crippen LogP contribution in [0, 0.1) is 0 Å². The molecule has 2 aliphatic heterocycles. The van der Waals surface area contributed by atoms with Crippen LogP contribution in [-0.4, -0.2) is 37.3 Å². The zero-order valence-electron chi connectivity index (χ0n) is 14.7. The molecule has 2 N–H and O–H groups in total. The van der Waals surface area contributed by atoms with E-state index in [0.29, 0.717) is 19.6 Å². The molecule has 3 heterocycles. The van der Waals surface area contributed by atoms with Gasteiger partial charge in [-0.15, -0.1) is 0 Å². The minimum Gasteiger partial charge on any atom is -0.350 e. The highest BCUT2D eigenvalue weighted by Crippen LogP contribution is 2.28. The number of piperidine rings is 1. The summed E-state index contributed by atoms with van der Waals surface area (Å²) in [6.07, 6.45) is 4.43. The molecule has 0 spiro atoms. The van der Waals surface area contributed by atoms with Gasteiger partial charge in [0.1, 0.15) is 10.7 Å². The first-order valence-electron chi connectivity index (χ1n) is 9.10. The van der Waals surface area contributed by atoms with Crippen LogP contribution in [0.5, 0.6) is 0 Å². The third-order valence-corrected chi connectivity index (χ3v) is 7.11. The molecular weight excluding hydrogens is 348 g/mol. The quantitative estimate of drug-likeness (QED) is 0.894. The van der Waals surface area contributed by atoms with Gasteiger partial charge in [0.2, 0.25) is 10.0 Å². The highest BCUT2D eigenvalue weighted by molar-refractivity contribution is 7.89. The largest absolute Gasteiger partial charge is 0.350 e. The van der Waals surface area contributed by atoms with Gasteiger partial charge in [-0.2, -0.15) is 4.31 Å². The summed E-state index contributed by atoms with van der Waals surface area (Å²) < 4.78 is 27.1. The van der Waals surface area contributed by atoms with Gasteiger partial charge in [-0.3, -0.25) is 0 Å². The molecule has 1 saturated heterocycles. The summed E-state index contributed by atoms with van der Waals surface area (Å²) in [5.41, 5.74) is 8.67. The predicted octanol–water partition coefficient (Wildman–Crippen LogP) is 2.28. The summed E-state index contributed by atoms with van der Waals surface area (Å²) in [5.74, 6) is 0.757. The van der Waals surface area contributed by atoms with E-state index in [1.807, 2.05) is 12.1 Å². The van der Waals surface area contributed by atoms with Crippen molar-refractivity contribution in [3.8, 4) is 0 Å². The maximum Gasteiger partial charge on any atom is 0.244 e. The van der Waals surface area contributed by atoms with Crippen molar-refractivity contribution in [2.75, 3.05) is 24.5 Å². The van der Waals surface area contributed by atoms with Crippen molar-refractivity contribution < 1.29 is 8.42 Å². The lowest BCUT2D eigenvalue weighted by Gasteiger charge is -2.33. The Morgan fingerprint density at radius 3 is 2.54 bits per heavy atom. The number of anilines is 1. The van der Waals surface area contributed by atoms with Gasteiger partial charge in [0, 0.05) is 38.4 Å². The Morgan fingerprint density at radius 2 is 1.81 bits per heavy atom. The van der Waals surface area contributed by atoms with E-state index in [4.69, 9.17) is 5.73 Å². The van der Waals surface area contributed by atoms with Gasteiger partial charge in [-0.05, 0) is 36.1 Å². The molecule has 0 saturated carbocycles. The van der Waals surface area contributed by atoms with Gasteiger partial charge in [0.15, 0.2) is 0 Å². The molecule has 0 aliphatic carbocycles. The Labute approximate surface area is 154 Å². The fourth-order valence-electron chi connectivity index (χ4n) is 3.79. The number of nitrogens with zero attached hydrogens (tertiary/aromatic N) is 3. The molecule has 1 aromatic heterocycles. The Morgan fingerprint density at radius 1 is 1.04 bits per heavy atom. The van der Waals surface area contributed by atoms with Crippen LogP contribution in [0.3, 0.4) is 0 Å². The van der Waals surface area contributed by atoms with Gasteiger partial charge < -0.3 is 10.6 Å². The number of sulfonamides is 1. The lowest BCUT2D eigenvalue weighted by atomic mass is 9.96. The molecule has 1 fully saturated rings. The maximum absolute atomic E-state index is 12.7. The van der Waals surface area contributed by atoms with E-state index in [-0.39, 0.29) is 10.9 Å². The molecule has 4 rings (SSSR count). The van der Waals surface area contributed by atoms with Crippen LogP contribution in [0.4, 0.5) is 5.82 Å². The molecule has 138 valence electrons. The monoisotopic (exact) mass is 372 g/mol. The normalized spacial score (nSPS) is 21.4. The number of benzene rings is 1. The summed E-state index contributed by atoms with van der Waals surface area (Å²) in [7, 11) is -3.44. The molecular formula is C19H24N4O2S. The van der Waals surface area contributed by atoms with Crippen LogP contribution in [0.2, 0.25) is 0 Å². The van der Waals surface area contributed by atoms with Crippen molar-refractivity contribution in [1.29, 1.82) is 0 Å². The third kappa shape index (κ3) is 3.22.